The van der Waals surface area contributed by atoms with Crippen molar-refractivity contribution in [2.45, 2.75) is 58.9 Å². The van der Waals surface area contributed by atoms with Gasteiger partial charge in [-0.25, -0.2) is 4.79 Å². The highest BCUT2D eigenvalue weighted by Crippen LogP contribution is 2.12. The standard InChI is InChI=1S/C27H34N2O7/c1-5-34-24(31)18-29(17-20-12-8-6-9-13-20)25(32)22(28-26(33)36-27(2,3)4)16-23(30)35-19-21-14-10-7-11-15-21/h6-15,22H,5,16-19H2,1-4H3,(H,28,33). The van der Waals surface area contributed by atoms with E-state index in [1.54, 1.807) is 64.1 Å². The molecular weight excluding hydrogens is 464 g/mol. The van der Waals surface area contributed by atoms with Gasteiger partial charge >= 0.3 is 18.0 Å². The Hall–Kier alpha value is -3.88. The molecule has 1 N–H and O–H groups in total. The van der Waals surface area contributed by atoms with Gasteiger partial charge in [-0.1, -0.05) is 60.7 Å². The van der Waals surface area contributed by atoms with Crippen LogP contribution in [0.25, 0.3) is 0 Å². The molecule has 0 aliphatic rings. The lowest BCUT2D eigenvalue weighted by atomic mass is 10.1. The summed E-state index contributed by atoms with van der Waals surface area (Å²) >= 11 is 0. The molecule has 36 heavy (non-hydrogen) atoms. The number of benzene rings is 2. The number of nitrogens with zero attached hydrogens (tertiary/aromatic N) is 1. The fourth-order valence-electron chi connectivity index (χ4n) is 3.21. The predicted octanol–water partition coefficient (Wildman–Crippen LogP) is 3.61. The molecule has 0 aliphatic heterocycles. The Morgan fingerprint density at radius 1 is 0.861 bits per heavy atom. The first-order chi connectivity index (χ1) is 17.1. The summed E-state index contributed by atoms with van der Waals surface area (Å²) in [5.41, 5.74) is 0.722. The smallest absolute Gasteiger partial charge is 0.408 e. The van der Waals surface area contributed by atoms with E-state index in [0.29, 0.717) is 0 Å². The molecule has 2 rings (SSSR count). The molecule has 9 nitrogen and oxygen atoms in total. The maximum absolute atomic E-state index is 13.5. The van der Waals surface area contributed by atoms with E-state index in [-0.39, 0.29) is 26.3 Å². The van der Waals surface area contributed by atoms with Crippen molar-refractivity contribution < 1.29 is 33.4 Å². The van der Waals surface area contributed by atoms with Crippen LogP contribution in [0, 0.1) is 0 Å². The molecular formula is C27H34N2O7. The van der Waals surface area contributed by atoms with Gasteiger partial charge in [0.1, 0.15) is 24.8 Å². The van der Waals surface area contributed by atoms with E-state index >= 15 is 0 Å². The van der Waals surface area contributed by atoms with Crippen LogP contribution in [0.3, 0.4) is 0 Å². The van der Waals surface area contributed by atoms with Gasteiger partial charge in [-0.3, -0.25) is 14.4 Å². The number of alkyl carbamates (subject to hydrolysis) is 1. The molecule has 2 amide bonds. The van der Waals surface area contributed by atoms with Crippen LogP contribution in [0.5, 0.6) is 0 Å². The van der Waals surface area contributed by atoms with Gasteiger partial charge in [0.05, 0.1) is 13.0 Å². The summed E-state index contributed by atoms with van der Waals surface area (Å²) in [6.07, 6.45) is -1.31. The minimum absolute atomic E-state index is 0.0174. The van der Waals surface area contributed by atoms with Crippen molar-refractivity contribution in [2.75, 3.05) is 13.2 Å². The zero-order valence-electron chi connectivity index (χ0n) is 21.2. The molecule has 2 aromatic rings. The molecule has 0 aliphatic carbocycles. The van der Waals surface area contributed by atoms with E-state index in [2.05, 4.69) is 5.32 Å². The van der Waals surface area contributed by atoms with Crippen molar-refractivity contribution in [1.29, 1.82) is 0 Å². The summed E-state index contributed by atoms with van der Waals surface area (Å²) in [5.74, 6) is -1.94. The molecule has 194 valence electrons. The summed E-state index contributed by atoms with van der Waals surface area (Å²) in [7, 11) is 0. The number of carbonyl (C=O) groups excluding carboxylic acids is 4. The van der Waals surface area contributed by atoms with Crippen LogP contribution in [0.15, 0.2) is 60.7 Å². The molecule has 0 radical (unpaired) electrons. The van der Waals surface area contributed by atoms with Crippen molar-refractivity contribution >= 4 is 23.9 Å². The summed E-state index contributed by atoms with van der Waals surface area (Å²) < 4.78 is 15.6. The highest BCUT2D eigenvalue weighted by molar-refractivity contribution is 5.91. The van der Waals surface area contributed by atoms with Crippen LogP contribution in [-0.2, 0) is 41.7 Å². The van der Waals surface area contributed by atoms with Gasteiger partial charge in [-0.15, -0.1) is 0 Å². The molecule has 0 bridgehead atoms. The number of amides is 2. The number of nitrogens with one attached hydrogen (secondary N) is 1. The Morgan fingerprint density at radius 3 is 2.00 bits per heavy atom. The fourth-order valence-corrected chi connectivity index (χ4v) is 3.21. The minimum Gasteiger partial charge on any atom is -0.465 e. The molecule has 2 aromatic carbocycles. The maximum atomic E-state index is 13.5. The fraction of sp³-hybridized carbons (Fsp3) is 0.407. The number of carbonyl (C=O) groups is 4. The first-order valence-electron chi connectivity index (χ1n) is 11.7. The molecule has 9 heteroatoms. The average molecular weight is 499 g/mol. The first-order valence-corrected chi connectivity index (χ1v) is 11.7. The molecule has 0 aromatic heterocycles. The summed E-state index contributed by atoms with van der Waals surface area (Å²) in [4.78, 5) is 52.1. The second-order valence-electron chi connectivity index (χ2n) is 9.03. The van der Waals surface area contributed by atoms with Crippen LogP contribution in [0.4, 0.5) is 4.79 Å². The lowest BCUT2D eigenvalue weighted by Gasteiger charge is -2.28. The Morgan fingerprint density at radius 2 is 1.44 bits per heavy atom. The average Bonchev–Trinajstić information content (AvgIpc) is 2.82. The number of rotatable bonds is 11. The number of hydrogen-bond acceptors (Lipinski definition) is 7. The van der Waals surface area contributed by atoms with Crippen molar-refractivity contribution in [3.8, 4) is 0 Å². The van der Waals surface area contributed by atoms with Crippen molar-refractivity contribution in [2.24, 2.45) is 0 Å². The van der Waals surface area contributed by atoms with E-state index in [0.717, 1.165) is 11.1 Å². The van der Waals surface area contributed by atoms with Crippen molar-refractivity contribution in [3.05, 3.63) is 71.8 Å². The van der Waals surface area contributed by atoms with Crippen molar-refractivity contribution in [3.63, 3.8) is 0 Å². The number of ether oxygens (including phenoxy) is 3. The third kappa shape index (κ3) is 10.6. The third-order valence-corrected chi connectivity index (χ3v) is 4.76. The monoisotopic (exact) mass is 498 g/mol. The highest BCUT2D eigenvalue weighted by Gasteiger charge is 2.32. The molecule has 1 unspecified atom stereocenters. The van der Waals surface area contributed by atoms with Gasteiger partial charge in [0, 0.05) is 6.54 Å². The van der Waals surface area contributed by atoms with E-state index in [1.807, 2.05) is 24.3 Å². The normalized spacial score (nSPS) is 11.7. The molecule has 0 heterocycles. The molecule has 0 saturated carbocycles. The molecule has 0 spiro atoms. The molecule has 1 atom stereocenters. The van der Waals surface area contributed by atoms with Crippen LogP contribution < -0.4 is 5.32 Å². The quantitative estimate of drug-likeness (QED) is 0.372. The van der Waals surface area contributed by atoms with Crippen molar-refractivity contribution in [1.82, 2.24) is 10.2 Å². The second kappa shape index (κ2) is 13.9. The minimum atomic E-state index is -1.32. The van der Waals surface area contributed by atoms with E-state index in [4.69, 9.17) is 14.2 Å². The van der Waals surface area contributed by atoms with Gasteiger partial charge in [0.25, 0.3) is 0 Å². The topological polar surface area (TPSA) is 111 Å². The first kappa shape index (κ1) is 28.4. The van der Waals surface area contributed by atoms with Crippen LogP contribution in [0.1, 0.15) is 45.2 Å². The predicted molar refractivity (Wildman–Crippen MR) is 133 cm³/mol. The maximum Gasteiger partial charge on any atom is 0.408 e. The third-order valence-electron chi connectivity index (χ3n) is 4.76. The van der Waals surface area contributed by atoms with Gasteiger partial charge < -0.3 is 24.4 Å². The van der Waals surface area contributed by atoms with Gasteiger partial charge in [-0.2, -0.15) is 0 Å². The largest absolute Gasteiger partial charge is 0.465 e. The lowest BCUT2D eigenvalue weighted by molar-refractivity contribution is -0.152. The second-order valence-corrected chi connectivity index (χ2v) is 9.03. The Bertz CT molecular complexity index is 1000. The highest BCUT2D eigenvalue weighted by atomic mass is 16.6. The van der Waals surface area contributed by atoms with E-state index in [9.17, 15) is 19.2 Å². The van der Waals surface area contributed by atoms with Gasteiger partial charge in [-0.05, 0) is 38.8 Å². The van der Waals surface area contributed by atoms with E-state index in [1.165, 1.54) is 4.90 Å². The lowest BCUT2D eigenvalue weighted by Crippen LogP contribution is -2.51. The Kier molecular flexibility index (Phi) is 10.9. The Labute approximate surface area is 211 Å². The van der Waals surface area contributed by atoms with Crippen LogP contribution in [-0.4, -0.2) is 53.6 Å². The number of hydrogen-bond donors (Lipinski definition) is 1. The Balaban J connectivity index is 2.22. The summed E-state index contributed by atoms with van der Waals surface area (Å²) in [6.45, 7) is 6.59. The zero-order valence-corrected chi connectivity index (χ0v) is 21.2. The van der Waals surface area contributed by atoms with E-state index < -0.39 is 42.0 Å². The summed E-state index contributed by atoms with van der Waals surface area (Å²) in [5, 5.41) is 2.47. The SMILES string of the molecule is CCOC(=O)CN(Cc1ccccc1)C(=O)C(CC(=O)OCc1ccccc1)NC(=O)OC(C)(C)C. The molecule has 0 fully saturated rings. The zero-order chi connectivity index (χ0) is 26.6. The molecule has 0 saturated heterocycles. The van der Waals surface area contributed by atoms with Crippen LogP contribution in [0.2, 0.25) is 0 Å². The number of esters is 2. The summed E-state index contributed by atoms with van der Waals surface area (Å²) in [6, 6.07) is 16.8. The van der Waals surface area contributed by atoms with Gasteiger partial charge in [0.2, 0.25) is 5.91 Å². The van der Waals surface area contributed by atoms with Crippen LogP contribution >= 0.6 is 0 Å². The van der Waals surface area contributed by atoms with Gasteiger partial charge in [0.15, 0.2) is 0 Å².